The predicted octanol–water partition coefficient (Wildman–Crippen LogP) is 6.19. The minimum absolute atomic E-state index is 0.317. The summed E-state index contributed by atoms with van der Waals surface area (Å²) in [5.41, 5.74) is 4.27. The lowest BCUT2D eigenvalue weighted by molar-refractivity contribution is -0.0980. The molecule has 3 rings (SSSR count). The van der Waals surface area contributed by atoms with Crippen LogP contribution in [0.2, 0.25) is 5.02 Å². The van der Waals surface area contributed by atoms with Crippen molar-refractivity contribution in [3.05, 3.63) is 75.6 Å². The van der Waals surface area contributed by atoms with Gasteiger partial charge in [-0.3, -0.25) is 0 Å². The Morgan fingerprint density at radius 3 is 1.87 bits per heavy atom. The van der Waals surface area contributed by atoms with Gasteiger partial charge in [-0.1, -0.05) is 59.1 Å². The number of ether oxygens (including phenoxy) is 1. The van der Waals surface area contributed by atoms with Gasteiger partial charge in [0.25, 0.3) is 0 Å². The number of benzene rings is 2. The van der Waals surface area contributed by atoms with E-state index in [0.29, 0.717) is 15.6 Å². The van der Waals surface area contributed by atoms with E-state index < -0.39 is 5.97 Å². The fraction of sp³-hybridized carbons (Fsp3) is 0.217. The maximum absolute atomic E-state index is 11.0. The van der Waals surface area contributed by atoms with Crippen LogP contribution in [-0.4, -0.2) is 39.1 Å². The van der Waals surface area contributed by atoms with Crippen LogP contribution in [0.4, 0.5) is 5.69 Å². The van der Waals surface area contributed by atoms with Gasteiger partial charge in [-0.2, -0.15) is 0 Å². The average molecular weight is 450 g/mol. The van der Waals surface area contributed by atoms with Gasteiger partial charge >= 0.3 is 5.97 Å². The molecule has 162 valence electrons. The molecule has 0 aliphatic carbocycles. The molecule has 0 radical (unpaired) electrons. The number of aryl methyl sites for hydroxylation is 2. The highest BCUT2D eigenvalue weighted by atomic mass is 35.5. The zero-order valence-corrected chi connectivity index (χ0v) is 19.4. The third-order valence-electron chi connectivity index (χ3n) is 3.50. The van der Waals surface area contributed by atoms with Crippen molar-refractivity contribution in [2.75, 3.05) is 26.6 Å². The van der Waals surface area contributed by atoms with Crippen molar-refractivity contribution >= 4 is 41.4 Å². The van der Waals surface area contributed by atoms with Crippen LogP contribution in [0.1, 0.15) is 20.8 Å². The molecule has 0 fully saturated rings. The quantitative estimate of drug-likeness (QED) is 0.498. The standard InChI is InChI=1S/C12H10ClNO2S.C8H10.C2H6O.CH2O/c1-14-9-6-10(17-11(9)12(15)16)7-2-4-8(13)5-3-7;1-7-4-3-5-8(2)6-7;1-3-2;1-2/h2-6,14H,1H3,(H,15,16);3-6H,1-2H3;1-2H3;1H2. The first kappa shape index (κ1) is 27.3. The number of nitrogens with one attached hydrogen (secondary N) is 1. The Bertz CT molecular complexity index is 877. The fourth-order valence-corrected chi connectivity index (χ4v) is 3.43. The molecular formula is C23H28ClNO4S. The van der Waals surface area contributed by atoms with Gasteiger partial charge in [0.1, 0.15) is 11.7 Å². The highest BCUT2D eigenvalue weighted by Crippen LogP contribution is 2.35. The molecule has 0 aliphatic rings. The maximum atomic E-state index is 11.0. The number of methoxy groups -OCH3 is 1. The Kier molecular flexibility index (Phi) is 13.9. The first-order valence-electron chi connectivity index (χ1n) is 8.85. The molecule has 0 amide bonds. The highest BCUT2D eigenvalue weighted by molar-refractivity contribution is 7.18. The van der Waals surface area contributed by atoms with Crippen LogP contribution in [0, 0.1) is 13.8 Å². The van der Waals surface area contributed by atoms with Gasteiger partial charge in [0, 0.05) is 31.2 Å². The number of carboxylic acids is 1. The zero-order chi connectivity index (χ0) is 23.1. The lowest BCUT2D eigenvalue weighted by Crippen LogP contribution is -1.97. The predicted molar refractivity (Wildman–Crippen MR) is 127 cm³/mol. The number of carbonyl (C=O) groups excluding carboxylic acids is 1. The van der Waals surface area contributed by atoms with E-state index in [0.717, 1.165) is 10.4 Å². The van der Waals surface area contributed by atoms with Crippen LogP contribution in [0.25, 0.3) is 10.4 Å². The second-order valence-electron chi connectivity index (χ2n) is 5.98. The van der Waals surface area contributed by atoms with Gasteiger partial charge in [-0.15, -0.1) is 11.3 Å². The number of aromatic carboxylic acids is 1. The summed E-state index contributed by atoms with van der Waals surface area (Å²) in [5, 5.41) is 12.6. The van der Waals surface area contributed by atoms with Crippen molar-refractivity contribution in [3.8, 4) is 10.4 Å². The van der Waals surface area contributed by atoms with Crippen LogP contribution < -0.4 is 5.32 Å². The zero-order valence-electron chi connectivity index (χ0n) is 17.9. The molecule has 3 aromatic rings. The number of thiophene rings is 1. The molecule has 7 heteroatoms. The molecule has 2 N–H and O–H groups in total. The lowest BCUT2D eigenvalue weighted by Gasteiger charge is -1.96. The second-order valence-corrected chi connectivity index (χ2v) is 7.47. The number of anilines is 1. The molecule has 2 aromatic carbocycles. The fourth-order valence-electron chi connectivity index (χ4n) is 2.30. The third kappa shape index (κ3) is 9.69. The van der Waals surface area contributed by atoms with Crippen molar-refractivity contribution in [2.45, 2.75) is 13.8 Å². The summed E-state index contributed by atoms with van der Waals surface area (Å²) in [6, 6.07) is 17.6. The van der Waals surface area contributed by atoms with E-state index in [1.165, 1.54) is 22.5 Å². The summed E-state index contributed by atoms with van der Waals surface area (Å²) >= 11 is 7.06. The third-order valence-corrected chi connectivity index (χ3v) is 4.92. The minimum Gasteiger partial charge on any atom is -0.477 e. The van der Waals surface area contributed by atoms with Crippen molar-refractivity contribution in [2.24, 2.45) is 0 Å². The van der Waals surface area contributed by atoms with E-state index in [-0.39, 0.29) is 0 Å². The molecule has 0 spiro atoms. The SMILES string of the molecule is C=O.CNc1cc(-c2ccc(Cl)cc2)sc1C(=O)O.COC.Cc1cccc(C)c1. The summed E-state index contributed by atoms with van der Waals surface area (Å²) in [5.74, 6) is -0.917. The Morgan fingerprint density at radius 1 is 1.03 bits per heavy atom. The number of carboxylic acid groups (broad SMARTS) is 1. The van der Waals surface area contributed by atoms with Crippen LogP contribution in [0.15, 0.2) is 54.6 Å². The van der Waals surface area contributed by atoms with Gasteiger partial charge in [0.05, 0.1) is 5.69 Å². The van der Waals surface area contributed by atoms with Crippen LogP contribution >= 0.6 is 22.9 Å². The van der Waals surface area contributed by atoms with Gasteiger partial charge < -0.3 is 20.0 Å². The number of carbonyl (C=O) groups is 2. The largest absolute Gasteiger partial charge is 0.477 e. The van der Waals surface area contributed by atoms with E-state index in [1.807, 2.05) is 25.0 Å². The van der Waals surface area contributed by atoms with Crippen molar-refractivity contribution in [3.63, 3.8) is 0 Å². The lowest BCUT2D eigenvalue weighted by atomic mass is 10.2. The molecule has 0 aliphatic heterocycles. The Balaban J connectivity index is 0.000000539. The molecule has 0 atom stereocenters. The molecule has 5 nitrogen and oxygen atoms in total. The molecule has 0 unspecified atom stereocenters. The molecule has 0 bridgehead atoms. The molecule has 1 aromatic heterocycles. The normalized spacial score (nSPS) is 9.00. The van der Waals surface area contributed by atoms with Crippen molar-refractivity contribution in [1.82, 2.24) is 0 Å². The van der Waals surface area contributed by atoms with Gasteiger partial charge in [-0.25, -0.2) is 4.79 Å². The highest BCUT2D eigenvalue weighted by Gasteiger charge is 2.15. The average Bonchev–Trinajstić information content (AvgIpc) is 3.16. The second kappa shape index (κ2) is 15.2. The number of halogens is 1. The first-order valence-corrected chi connectivity index (χ1v) is 10.0. The van der Waals surface area contributed by atoms with Gasteiger partial charge in [-0.05, 0) is 37.6 Å². The van der Waals surface area contributed by atoms with E-state index in [1.54, 1.807) is 33.4 Å². The van der Waals surface area contributed by atoms with Gasteiger partial charge in [0.2, 0.25) is 0 Å². The molecular weight excluding hydrogens is 422 g/mol. The van der Waals surface area contributed by atoms with Crippen LogP contribution in [-0.2, 0) is 9.53 Å². The summed E-state index contributed by atoms with van der Waals surface area (Å²) in [7, 11) is 4.96. The Labute approximate surface area is 187 Å². The molecule has 1 heterocycles. The topological polar surface area (TPSA) is 75.6 Å². The maximum Gasteiger partial charge on any atom is 0.348 e. The smallest absolute Gasteiger partial charge is 0.348 e. The first-order chi connectivity index (χ1) is 14.3. The number of hydrogen-bond donors (Lipinski definition) is 2. The Morgan fingerprint density at radius 2 is 1.53 bits per heavy atom. The van der Waals surface area contributed by atoms with Crippen LogP contribution in [0.3, 0.4) is 0 Å². The van der Waals surface area contributed by atoms with E-state index in [4.69, 9.17) is 21.5 Å². The summed E-state index contributed by atoms with van der Waals surface area (Å²) < 4.78 is 4.25. The molecule has 0 saturated carbocycles. The number of rotatable bonds is 3. The summed E-state index contributed by atoms with van der Waals surface area (Å²) in [6.45, 7) is 6.21. The molecule has 0 saturated heterocycles. The van der Waals surface area contributed by atoms with Gasteiger partial charge in [0.15, 0.2) is 0 Å². The van der Waals surface area contributed by atoms with Crippen molar-refractivity contribution in [1.29, 1.82) is 0 Å². The molecule has 30 heavy (non-hydrogen) atoms. The van der Waals surface area contributed by atoms with E-state index >= 15 is 0 Å². The van der Waals surface area contributed by atoms with Crippen molar-refractivity contribution < 1.29 is 19.4 Å². The minimum atomic E-state index is -0.917. The van der Waals surface area contributed by atoms with E-state index in [2.05, 4.69) is 48.2 Å². The van der Waals surface area contributed by atoms with Crippen LogP contribution in [0.5, 0.6) is 0 Å². The summed E-state index contributed by atoms with van der Waals surface area (Å²) in [6.07, 6.45) is 0. The Hall–Kier alpha value is -2.67. The van der Waals surface area contributed by atoms with E-state index in [9.17, 15) is 4.79 Å². The summed E-state index contributed by atoms with van der Waals surface area (Å²) in [4.78, 5) is 20.3. The monoisotopic (exact) mass is 449 g/mol. The number of hydrogen-bond acceptors (Lipinski definition) is 5.